The van der Waals surface area contributed by atoms with Crippen LogP contribution in [0.3, 0.4) is 0 Å². The molecule has 3 heterocycles. The summed E-state index contributed by atoms with van der Waals surface area (Å²) in [6.07, 6.45) is 9.92. The topological polar surface area (TPSA) is 82.9 Å². The largest absolute Gasteiger partial charge is 0.396 e. The van der Waals surface area contributed by atoms with Crippen molar-refractivity contribution in [1.82, 2.24) is 9.88 Å². The van der Waals surface area contributed by atoms with E-state index < -0.39 is 0 Å². The number of likely N-dealkylation sites (tertiary alicyclic amines) is 1. The Morgan fingerprint density at radius 1 is 1.02 bits per heavy atom. The SMILES string of the molecule is CC1CC(CC(=O)c2cccc([C@@H](CCN3CCC(CO)CC3)CC(=O)C3=Nc4cc5c(nc4C3)CC[C@H](C(C)(C)C)C5)c2)C1. The highest BCUT2D eigenvalue weighted by molar-refractivity contribution is 6.41. The van der Waals surface area contributed by atoms with Gasteiger partial charge in [-0.25, -0.2) is 4.99 Å². The van der Waals surface area contributed by atoms with Gasteiger partial charge in [0.25, 0.3) is 0 Å². The second-order valence-corrected chi connectivity index (χ2v) is 15.9. The number of carbonyl (C=O) groups is 2. The summed E-state index contributed by atoms with van der Waals surface area (Å²) in [6, 6.07) is 10.3. The van der Waals surface area contributed by atoms with Crippen LogP contribution in [0.15, 0.2) is 35.3 Å². The quantitative estimate of drug-likeness (QED) is 0.269. The Morgan fingerprint density at radius 2 is 1.80 bits per heavy atom. The number of aliphatic hydroxyl groups excluding tert-OH is 1. The molecular weight excluding hydrogens is 558 g/mol. The highest BCUT2D eigenvalue weighted by Gasteiger charge is 2.33. The number of benzene rings is 1. The third kappa shape index (κ3) is 7.65. The number of aromatic nitrogens is 1. The van der Waals surface area contributed by atoms with Crippen LogP contribution in [-0.2, 0) is 24.1 Å². The standard InChI is InChI=1S/C39H53N3O3/c1-25-16-27(17-25)18-37(44)30-7-5-6-28(19-30)29(12-15-42-13-10-26(24-43)11-14-42)22-38(45)36-23-35-34(41-36)21-31-20-32(39(2,3)4)8-9-33(31)40-35/h5-7,19,21,25-27,29,32,43H,8-18,20,22-24H2,1-4H3/t25?,27?,29-,32-/m0/s1. The van der Waals surface area contributed by atoms with E-state index in [1.54, 1.807) is 0 Å². The van der Waals surface area contributed by atoms with E-state index in [0.717, 1.165) is 99.4 Å². The summed E-state index contributed by atoms with van der Waals surface area (Å²) in [4.78, 5) is 39.5. The van der Waals surface area contributed by atoms with Gasteiger partial charge in [0.15, 0.2) is 11.6 Å². The molecule has 6 nitrogen and oxygen atoms in total. The Morgan fingerprint density at radius 3 is 2.51 bits per heavy atom. The first-order chi connectivity index (χ1) is 21.6. The van der Waals surface area contributed by atoms with Gasteiger partial charge in [0.05, 0.1) is 17.1 Å². The lowest BCUT2D eigenvalue weighted by Crippen LogP contribution is -2.36. The average molecular weight is 612 g/mol. The number of hydrogen-bond donors (Lipinski definition) is 1. The summed E-state index contributed by atoms with van der Waals surface area (Å²) < 4.78 is 0. The number of fused-ring (bicyclic) bond motifs is 2. The van der Waals surface area contributed by atoms with E-state index in [1.165, 1.54) is 11.3 Å². The molecule has 242 valence electrons. The summed E-state index contributed by atoms with van der Waals surface area (Å²) in [5.74, 6) is 2.62. The number of ketones is 2. The summed E-state index contributed by atoms with van der Waals surface area (Å²) in [5, 5.41) is 9.58. The minimum atomic E-state index is 0.0182. The van der Waals surface area contributed by atoms with E-state index in [4.69, 9.17) is 9.98 Å². The number of carbonyl (C=O) groups excluding carboxylic acids is 2. The molecule has 0 radical (unpaired) electrons. The van der Waals surface area contributed by atoms with Crippen LogP contribution in [0, 0.1) is 29.1 Å². The number of Topliss-reactive ketones (excluding diaryl/α,β-unsaturated/α-hetero) is 2. The number of hydrogen-bond acceptors (Lipinski definition) is 6. The number of rotatable bonds is 11. The molecule has 1 aromatic heterocycles. The zero-order valence-electron chi connectivity index (χ0n) is 28.0. The molecule has 1 saturated carbocycles. The molecular formula is C39H53N3O3. The van der Waals surface area contributed by atoms with Crippen molar-refractivity contribution in [2.75, 3.05) is 26.2 Å². The van der Waals surface area contributed by atoms with Gasteiger partial charge in [0.2, 0.25) is 0 Å². The molecule has 1 aromatic carbocycles. The van der Waals surface area contributed by atoms with Crippen molar-refractivity contribution >= 4 is 23.0 Å². The Balaban J connectivity index is 1.17. The van der Waals surface area contributed by atoms with Gasteiger partial charge in [-0.15, -0.1) is 0 Å². The molecule has 1 N–H and O–H groups in total. The van der Waals surface area contributed by atoms with Gasteiger partial charge in [-0.1, -0.05) is 45.9 Å². The van der Waals surface area contributed by atoms with E-state index in [2.05, 4.69) is 50.8 Å². The molecule has 4 aliphatic rings. The van der Waals surface area contributed by atoms with Crippen LogP contribution in [0.4, 0.5) is 5.69 Å². The highest BCUT2D eigenvalue weighted by Crippen LogP contribution is 2.40. The Hall–Kier alpha value is -2.70. The maximum atomic E-state index is 13.9. The van der Waals surface area contributed by atoms with Crippen LogP contribution in [0.25, 0.3) is 0 Å². The van der Waals surface area contributed by atoms with Crippen LogP contribution < -0.4 is 0 Å². The normalized spacial score (nSPS) is 24.4. The first-order valence-electron chi connectivity index (χ1n) is 17.6. The minimum absolute atomic E-state index is 0.0182. The summed E-state index contributed by atoms with van der Waals surface area (Å²) >= 11 is 0. The zero-order chi connectivity index (χ0) is 31.7. The van der Waals surface area contributed by atoms with Gasteiger partial charge >= 0.3 is 0 Å². The molecule has 2 atom stereocenters. The van der Waals surface area contributed by atoms with Crippen molar-refractivity contribution in [3.8, 4) is 0 Å². The molecule has 2 fully saturated rings. The molecule has 0 amide bonds. The van der Waals surface area contributed by atoms with Crippen molar-refractivity contribution in [3.05, 3.63) is 58.4 Å². The van der Waals surface area contributed by atoms with Crippen molar-refractivity contribution < 1.29 is 14.7 Å². The molecule has 2 aromatic rings. The molecule has 0 spiro atoms. The maximum Gasteiger partial charge on any atom is 0.178 e. The fourth-order valence-electron chi connectivity index (χ4n) is 8.21. The van der Waals surface area contributed by atoms with Crippen LogP contribution >= 0.6 is 0 Å². The molecule has 0 bridgehead atoms. The summed E-state index contributed by atoms with van der Waals surface area (Å²) in [6.45, 7) is 12.4. The minimum Gasteiger partial charge on any atom is -0.396 e. The predicted octanol–water partition coefficient (Wildman–Crippen LogP) is 7.32. The number of pyridine rings is 1. The Bertz CT molecular complexity index is 1430. The molecule has 1 saturated heterocycles. The van der Waals surface area contributed by atoms with Crippen molar-refractivity contribution in [1.29, 1.82) is 0 Å². The molecule has 2 aliphatic heterocycles. The lowest BCUT2D eigenvalue weighted by atomic mass is 9.71. The number of nitrogens with zero attached hydrogens (tertiary/aromatic N) is 3. The molecule has 0 unspecified atom stereocenters. The fraction of sp³-hybridized carbons (Fsp3) is 0.641. The summed E-state index contributed by atoms with van der Waals surface area (Å²) in [7, 11) is 0. The smallest absolute Gasteiger partial charge is 0.178 e. The van der Waals surface area contributed by atoms with Crippen molar-refractivity contribution in [2.45, 2.75) is 104 Å². The van der Waals surface area contributed by atoms with Crippen LogP contribution in [0.2, 0.25) is 0 Å². The molecule has 6 heteroatoms. The van der Waals surface area contributed by atoms with E-state index in [-0.39, 0.29) is 29.5 Å². The second kappa shape index (κ2) is 13.6. The molecule has 45 heavy (non-hydrogen) atoms. The maximum absolute atomic E-state index is 13.9. The van der Waals surface area contributed by atoms with E-state index in [9.17, 15) is 14.7 Å². The van der Waals surface area contributed by atoms with Gasteiger partial charge in [-0.3, -0.25) is 14.6 Å². The van der Waals surface area contributed by atoms with Gasteiger partial charge < -0.3 is 10.0 Å². The monoisotopic (exact) mass is 611 g/mol. The van der Waals surface area contributed by atoms with E-state index in [0.29, 0.717) is 42.7 Å². The Kier molecular flexibility index (Phi) is 9.73. The van der Waals surface area contributed by atoms with Gasteiger partial charge in [-0.2, -0.15) is 0 Å². The van der Waals surface area contributed by atoms with E-state index >= 15 is 0 Å². The molecule has 2 aliphatic carbocycles. The van der Waals surface area contributed by atoms with Crippen LogP contribution in [-0.4, -0.2) is 58.5 Å². The van der Waals surface area contributed by atoms with Gasteiger partial charge in [0.1, 0.15) is 0 Å². The third-order valence-electron chi connectivity index (χ3n) is 11.4. The van der Waals surface area contributed by atoms with Crippen LogP contribution in [0.1, 0.15) is 118 Å². The zero-order valence-corrected chi connectivity index (χ0v) is 28.0. The predicted molar refractivity (Wildman–Crippen MR) is 181 cm³/mol. The Labute approximate surface area is 270 Å². The van der Waals surface area contributed by atoms with Crippen molar-refractivity contribution in [3.63, 3.8) is 0 Å². The fourth-order valence-corrected chi connectivity index (χ4v) is 8.21. The number of aliphatic hydroxyl groups is 1. The number of aliphatic imine (C=N–C) groups is 1. The summed E-state index contributed by atoms with van der Waals surface area (Å²) in [5.41, 5.74) is 7.09. The van der Waals surface area contributed by atoms with Gasteiger partial charge in [0, 0.05) is 37.1 Å². The molecule has 6 rings (SSSR count). The van der Waals surface area contributed by atoms with Crippen molar-refractivity contribution in [2.24, 2.45) is 34.1 Å². The first-order valence-corrected chi connectivity index (χ1v) is 17.6. The van der Waals surface area contributed by atoms with Crippen LogP contribution in [0.5, 0.6) is 0 Å². The number of piperidine rings is 1. The van der Waals surface area contributed by atoms with Gasteiger partial charge in [-0.05, 0) is 129 Å². The van der Waals surface area contributed by atoms with E-state index in [1.807, 2.05) is 12.1 Å². The second-order valence-electron chi connectivity index (χ2n) is 15.9. The average Bonchev–Trinajstić information content (AvgIpc) is 3.43. The first kappa shape index (κ1) is 32.2. The number of aryl methyl sites for hydroxylation is 1. The lowest BCUT2D eigenvalue weighted by molar-refractivity contribution is -0.113. The highest BCUT2D eigenvalue weighted by atomic mass is 16.3. The lowest BCUT2D eigenvalue weighted by Gasteiger charge is -2.34. The third-order valence-corrected chi connectivity index (χ3v) is 11.4.